The number of carbonyl (C=O) groups excluding carboxylic acids is 1. The first kappa shape index (κ1) is 21.2. The first-order valence-electron chi connectivity index (χ1n) is 11.1. The number of fused-ring (bicyclic) bond motifs is 1. The molecule has 0 radical (unpaired) electrons. The van der Waals surface area contributed by atoms with Gasteiger partial charge in [-0.05, 0) is 31.5 Å². The summed E-state index contributed by atoms with van der Waals surface area (Å²) in [5, 5.41) is 8.44. The first-order chi connectivity index (χ1) is 15.9. The van der Waals surface area contributed by atoms with Gasteiger partial charge in [0.1, 0.15) is 23.2 Å². The Morgan fingerprint density at radius 1 is 1.12 bits per heavy atom. The van der Waals surface area contributed by atoms with Crippen LogP contribution in [0, 0.1) is 12.8 Å². The number of piperidine rings is 1. The van der Waals surface area contributed by atoms with Gasteiger partial charge in [0.05, 0.1) is 36.8 Å². The Balaban J connectivity index is 1.40. The molecule has 2 aliphatic heterocycles. The number of carbonyl (C=O) groups is 1. The number of hydrogen-bond donors (Lipinski definition) is 0. The zero-order valence-electron chi connectivity index (χ0n) is 19.3. The molecule has 2 atom stereocenters. The summed E-state index contributed by atoms with van der Waals surface area (Å²) < 4.78 is 5.38. The smallest absolute Gasteiger partial charge is 0.256 e. The lowest BCUT2D eigenvalue weighted by atomic mass is 9.81. The van der Waals surface area contributed by atoms with Gasteiger partial charge in [0.15, 0.2) is 0 Å². The molecular weight excluding hydrogens is 420 g/mol. The highest BCUT2D eigenvalue weighted by Gasteiger charge is 2.46. The molecule has 2 aliphatic rings. The number of ether oxygens (including phenoxy) is 1. The molecule has 5 rings (SSSR count). The molecule has 1 aromatic carbocycles. The second-order valence-corrected chi connectivity index (χ2v) is 8.75. The number of nitrogens with zero attached hydrogens (tertiary/aromatic N) is 8. The Kier molecular flexibility index (Phi) is 5.35. The van der Waals surface area contributed by atoms with Gasteiger partial charge in [0.25, 0.3) is 5.91 Å². The third-order valence-electron chi connectivity index (χ3n) is 6.48. The fraction of sp³-hybridized carbons (Fsp3) is 0.435. The van der Waals surface area contributed by atoms with Crippen molar-refractivity contribution < 1.29 is 9.53 Å². The van der Waals surface area contributed by atoms with Crippen molar-refractivity contribution in [1.29, 1.82) is 0 Å². The van der Waals surface area contributed by atoms with Crippen molar-refractivity contribution >= 4 is 17.5 Å². The van der Waals surface area contributed by atoms with Gasteiger partial charge in [-0.25, -0.2) is 9.97 Å². The monoisotopic (exact) mass is 448 g/mol. The van der Waals surface area contributed by atoms with E-state index >= 15 is 0 Å². The predicted octanol–water partition coefficient (Wildman–Crippen LogP) is 1.79. The van der Waals surface area contributed by atoms with Crippen LogP contribution in [0.2, 0.25) is 0 Å². The van der Waals surface area contributed by atoms with Crippen LogP contribution in [0.25, 0.3) is 5.69 Å². The summed E-state index contributed by atoms with van der Waals surface area (Å²) in [6.07, 6.45) is 4.23. The average molecular weight is 449 g/mol. The van der Waals surface area contributed by atoms with Crippen LogP contribution in [0.3, 0.4) is 0 Å². The van der Waals surface area contributed by atoms with E-state index in [0.717, 1.165) is 43.5 Å². The Labute approximate surface area is 192 Å². The molecule has 0 bridgehead atoms. The maximum atomic E-state index is 13.7. The highest BCUT2D eigenvalue weighted by Crippen LogP contribution is 2.36. The summed E-state index contributed by atoms with van der Waals surface area (Å²) in [6.45, 7) is 4.34. The topological polar surface area (TPSA) is 92.5 Å². The minimum atomic E-state index is -0.0304. The lowest BCUT2D eigenvalue weighted by molar-refractivity contribution is 0.00775. The van der Waals surface area contributed by atoms with E-state index in [-0.39, 0.29) is 11.9 Å². The van der Waals surface area contributed by atoms with E-state index in [1.165, 1.54) is 4.80 Å². The minimum Gasteiger partial charge on any atom is -0.497 e. The zero-order valence-corrected chi connectivity index (χ0v) is 19.3. The molecular formula is C23H28N8O2. The largest absolute Gasteiger partial charge is 0.497 e. The molecule has 2 aromatic heterocycles. The summed E-state index contributed by atoms with van der Waals surface area (Å²) in [7, 11) is 5.55. The molecule has 3 aromatic rings. The number of benzene rings is 1. The lowest BCUT2D eigenvalue weighted by Gasteiger charge is -2.53. The lowest BCUT2D eigenvalue weighted by Crippen LogP contribution is -2.66. The third kappa shape index (κ3) is 3.85. The van der Waals surface area contributed by atoms with Crippen molar-refractivity contribution in [2.75, 3.05) is 50.6 Å². The predicted molar refractivity (Wildman–Crippen MR) is 124 cm³/mol. The molecule has 2 unspecified atom stereocenters. The number of likely N-dealkylation sites (tertiary alicyclic amines) is 1. The summed E-state index contributed by atoms with van der Waals surface area (Å²) in [5.41, 5.74) is 1.18. The van der Waals surface area contributed by atoms with Gasteiger partial charge < -0.3 is 19.4 Å². The van der Waals surface area contributed by atoms with Gasteiger partial charge in [0, 0.05) is 45.7 Å². The fourth-order valence-electron chi connectivity index (χ4n) is 4.65. The molecule has 4 heterocycles. The van der Waals surface area contributed by atoms with Crippen LogP contribution in [-0.4, -0.2) is 82.7 Å². The van der Waals surface area contributed by atoms with Gasteiger partial charge >= 0.3 is 0 Å². The van der Waals surface area contributed by atoms with E-state index in [1.54, 1.807) is 25.6 Å². The van der Waals surface area contributed by atoms with E-state index in [0.29, 0.717) is 22.9 Å². The average Bonchev–Trinajstić information content (AvgIpc) is 3.33. The molecule has 0 spiro atoms. The number of rotatable bonds is 5. The van der Waals surface area contributed by atoms with E-state index in [9.17, 15) is 4.79 Å². The van der Waals surface area contributed by atoms with E-state index in [1.807, 2.05) is 49.0 Å². The first-order valence-corrected chi connectivity index (χ1v) is 11.1. The molecule has 0 N–H and O–H groups in total. The molecule has 2 fully saturated rings. The van der Waals surface area contributed by atoms with Gasteiger partial charge in [-0.15, -0.1) is 0 Å². The van der Waals surface area contributed by atoms with Gasteiger partial charge in [-0.1, -0.05) is 0 Å². The van der Waals surface area contributed by atoms with Crippen molar-refractivity contribution in [2.24, 2.45) is 5.92 Å². The molecule has 10 heteroatoms. The summed E-state index contributed by atoms with van der Waals surface area (Å²) in [4.78, 5) is 30.5. The van der Waals surface area contributed by atoms with Gasteiger partial charge in [-0.3, -0.25) is 4.79 Å². The van der Waals surface area contributed by atoms with Crippen LogP contribution in [0.4, 0.5) is 11.6 Å². The van der Waals surface area contributed by atoms with Crippen molar-refractivity contribution in [3.63, 3.8) is 0 Å². The van der Waals surface area contributed by atoms with Crippen molar-refractivity contribution in [2.45, 2.75) is 19.4 Å². The van der Waals surface area contributed by atoms with Crippen LogP contribution in [0.1, 0.15) is 22.6 Å². The number of methoxy groups -OCH3 is 1. The van der Waals surface area contributed by atoms with Crippen molar-refractivity contribution in [1.82, 2.24) is 29.9 Å². The van der Waals surface area contributed by atoms with E-state index < -0.39 is 0 Å². The number of aryl methyl sites for hydroxylation is 1. The number of amides is 1. The van der Waals surface area contributed by atoms with Crippen LogP contribution < -0.4 is 14.5 Å². The van der Waals surface area contributed by atoms with Crippen molar-refractivity contribution in [3.8, 4) is 11.4 Å². The molecule has 0 saturated carbocycles. The summed E-state index contributed by atoms with van der Waals surface area (Å²) in [6, 6.07) is 7.56. The van der Waals surface area contributed by atoms with E-state index in [4.69, 9.17) is 4.74 Å². The van der Waals surface area contributed by atoms with E-state index in [2.05, 4.69) is 25.1 Å². The number of aromatic nitrogens is 5. The minimum absolute atomic E-state index is 0.0304. The SMILES string of the molecule is COc1ccc(-n2nccn2)c(C(=O)N2CC3CCN(c4cc(N(C)C)nc(C)n4)CC32)c1. The maximum absolute atomic E-state index is 13.7. The Morgan fingerprint density at radius 3 is 2.64 bits per heavy atom. The number of anilines is 2. The van der Waals surface area contributed by atoms with Gasteiger partial charge in [-0.2, -0.15) is 15.0 Å². The standard InChI is InChI=1S/C23H28N8O2/c1-15-26-21(28(2)3)12-22(27-15)29-10-7-16-13-30(20(16)14-29)23(32)18-11-17(33-4)5-6-19(18)31-24-8-9-25-31/h5-6,8-9,11-12,16,20H,7,10,13-14H2,1-4H3. The van der Waals surface area contributed by atoms with Gasteiger partial charge in [0.2, 0.25) is 0 Å². The van der Waals surface area contributed by atoms with Crippen LogP contribution >= 0.6 is 0 Å². The fourth-order valence-corrected chi connectivity index (χ4v) is 4.65. The molecule has 10 nitrogen and oxygen atoms in total. The highest BCUT2D eigenvalue weighted by molar-refractivity contribution is 5.99. The highest BCUT2D eigenvalue weighted by atomic mass is 16.5. The van der Waals surface area contributed by atoms with Crippen LogP contribution in [-0.2, 0) is 0 Å². The normalized spacial score (nSPS) is 19.6. The summed E-state index contributed by atoms with van der Waals surface area (Å²) >= 11 is 0. The second kappa shape index (κ2) is 8.34. The van der Waals surface area contributed by atoms with Crippen LogP contribution in [0.5, 0.6) is 5.75 Å². The third-order valence-corrected chi connectivity index (χ3v) is 6.48. The quantitative estimate of drug-likeness (QED) is 0.583. The Morgan fingerprint density at radius 2 is 1.91 bits per heavy atom. The van der Waals surface area contributed by atoms with Crippen molar-refractivity contribution in [3.05, 3.63) is 48.0 Å². The molecule has 2 saturated heterocycles. The summed E-state index contributed by atoms with van der Waals surface area (Å²) in [5.74, 6) is 3.63. The Hall–Kier alpha value is -3.69. The molecule has 0 aliphatic carbocycles. The Bertz CT molecular complexity index is 1160. The second-order valence-electron chi connectivity index (χ2n) is 8.75. The number of hydrogen-bond acceptors (Lipinski definition) is 8. The zero-order chi connectivity index (χ0) is 23.1. The molecule has 172 valence electrons. The van der Waals surface area contributed by atoms with Crippen LogP contribution in [0.15, 0.2) is 36.7 Å². The molecule has 1 amide bonds. The maximum Gasteiger partial charge on any atom is 0.256 e. The molecule has 33 heavy (non-hydrogen) atoms.